The molecule has 0 radical (unpaired) electrons. The summed E-state index contributed by atoms with van der Waals surface area (Å²) in [6, 6.07) is 12.9. The number of carbonyl (C=O) groups excluding carboxylic acids is 1. The van der Waals surface area contributed by atoms with Crippen LogP contribution in [0.3, 0.4) is 0 Å². The Hall–Kier alpha value is -2.11. The zero-order chi connectivity index (χ0) is 17.3. The lowest BCUT2D eigenvalue weighted by molar-refractivity contribution is 0.102. The summed E-state index contributed by atoms with van der Waals surface area (Å²) in [5.74, 6) is 0.203. The van der Waals surface area contributed by atoms with Crippen molar-refractivity contribution < 1.29 is 9.32 Å². The van der Waals surface area contributed by atoms with Gasteiger partial charge in [0, 0.05) is 20.7 Å². The Balaban J connectivity index is 1.95. The molecule has 0 saturated heterocycles. The van der Waals surface area contributed by atoms with Crippen molar-refractivity contribution in [2.75, 3.05) is 5.32 Å². The normalized spacial score (nSPS) is 10.7. The standard InChI is InChI=1S/C18H14BrClN2O2/c1-10-9-14(20)7-8-15(10)21-18(23)16-11(2)24-22-17(16)12-3-5-13(19)6-4-12/h3-9H,1-2H3,(H,21,23). The molecule has 0 unspecified atom stereocenters. The summed E-state index contributed by atoms with van der Waals surface area (Å²) in [4.78, 5) is 12.7. The molecule has 1 N–H and O–H groups in total. The molecule has 1 aromatic heterocycles. The van der Waals surface area contributed by atoms with Crippen LogP contribution in [0.15, 0.2) is 51.5 Å². The number of amides is 1. The van der Waals surface area contributed by atoms with Gasteiger partial charge in [-0.25, -0.2) is 0 Å². The first-order chi connectivity index (χ1) is 11.5. The molecule has 4 nitrogen and oxygen atoms in total. The minimum atomic E-state index is -0.267. The highest BCUT2D eigenvalue weighted by Crippen LogP contribution is 2.28. The average Bonchev–Trinajstić information content (AvgIpc) is 2.92. The number of nitrogens with zero attached hydrogens (tertiary/aromatic N) is 1. The lowest BCUT2D eigenvalue weighted by atomic mass is 10.1. The SMILES string of the molecule is Cc1cc(Cl)ccc1NC(=O)c1c(-c2ccc(Br)cc2)noc1C. The van der Waals surface area contributed by atoms with Crippen LogP contribution in [0, 0.1) is 13.8 Å². The number of aryl methyl sites for hydroxylation is 2. The van der Waals surface area contributed by atoms with Gasteiger partial charge in [-0.1, -0.05) is 44.8 Å². The highest BCUT2D eigenvalue weighted by Gasteiger charge is 2.22. The predicted molar refractivity (Wildman–Crippen MR) is 98.5 cm³/mol. The lowest BCUT2D eigenvalue weighted by Gasteiger charge is -2.09. The Labute approximate surface area is 152 Å². The van der Waals surface area contributed by atoms with E-state index < -0.39 is 0 Å². The van der Waals surface area contributed by atoms with Gasteiger partial charge in [0.05, 0.1) is 0 Å². The second-order valence-electron chi connectivity index (χ2n) is 5.38. The van der Waals surface area contributed by atoms with Gasteiger partial charge >= 0.3 is 0 Å². The van der Waals surface area contributed by atoms with E-state index in [4.69, 9.17) is 16.1 Å². The number of rotatable bonds is 3. The fourth-order valence-electron chi connectivity index (χ4n) is 2.40. The quantitative estimate of drug-likeness (QED) is 0.614. The largest absolute Gasteiger partial charge is 0.360 e. The topological polar surface area (TPSA) is 55.1 Å². The number of benzene rings is 2. The van der Waals surface area contributed by atoms with Crippen molar-refractivity contribution in [3.8, 4) is 11.3 Å². The molecule has 3 aromatic rings. The molecule has 0 aliphatic rings. The molecule has 0 fully saturated rings. The van der Waals surface area contributed by atoms with Crippen LogP contribution in [0.1, 0.15) is 21.7 Å². The molecule has 6 heteroatoms. The van der Waals surface area contributed by atoms with Gasteiger partial charge in [0.2, 0.25) is 0 Å². The number of hydrogen-bond donors (Lipinski definition) is 1. The highest BCUT2D eigenvalue weighted by molar-refractivity contribution is 9.10. The molecule has 0 aliphatic carbocycles. The lowest BCUT2D eigenvalue weighted by Crippen LogP contribution is -2.14. The fourth-order valence-corrected chi connectivity index (χ4v) is 2.89. The average molecular weight is 406 g/mol. The van der Waals surface area contributed by atoms with E-state index in [1.807, 2.05) is 31.2 Å². The number of halogens is 2. The van der Waals surface area contributed by atoms with Crippen molar-refractivity contribution >= 4 is 39.1 Å². The number of carbonyl (C=O) groups is 1. The first-order valence-electron chi connectivity index (χ1n) is 7.25. The van der Waals surface area contributed by atoms with Gasteiger partial charge in [-0.15, -0.1) is 0 Å². The van der Waals surface area contributed by atoms with Crippen LogP contribution < -0.4 is 5.32 Å². The van der Waals surface area contributed by atoms with Crippen LogP contribution in [-0.2, 0) is 0 Å². The van der Waals surface area contributed by atoms with Gasteiger partial charge in [-0.2, -0.15) is 0 Å². The van der Waals surface area contributed by atoms with E-state index >= 15 is 0 Å². The Morgan fingerprint density at radius 1 is 1.17 bits per heavy atom. The summed E-state index contributed by atoms with van der Waals surface area (Å²) in [5.41, 5.74) is 3.34. The molecule has 0 spiro atoms. The van der Waals surface area contributed by atoms with Gasteiger partial charge in [-0.05, 0) is 49.7 Å². The van der Waals surface area contributed by atoms with Crippen LogP contribution in [-0.4, -0.2) is 11.1 Å². The van der Waals surface area contributed by atoms with Crippen molar-refractivity contribution in [3.05, 3.63) is 68.8 Å². The maximum absolute atomic E-state index is 12.7. The minimum absolute atomic E-state index is 0.267. The zero-order valence-electron chi connectivity index (χ0n) is 13.1. The van der Waals surface area contributed by atoms with Crippen LogP contribution in [0.4, 0.5) is 5.69 Å². The van der Waals surface area contributed by atoms with E-state index in [-0.39, 0.29) is 5.91 Å². The van der Waals surface area contributed by atoms with E-state index in [1.54, 1.807) is 25.1 Å². The van der Waals surface area contributed by atoms with E-state index in [0.29, 0.717) is 27.7 Å². The van der Waals surface area contributed by atoms with Gasteiger partial charge in [-0.3, -0.25) is 4.79 Å². The van der Waals surface area contributed by atoms with Gasteiger partial charge < -0.3 is 9.84 Å². The maximum atomic E-state index is 12.7. The van der Waals surface area contributed by atoms with Crippen LogP contribution >= 0.6 is 27.5 Å². The molecular formula is C18H14BrClN2O2. The molecular weight excluding hydrogens is 392 g/mol. The second kappa shape index (κ2) is 6.79. The molecule has 0 bridgehead atoms. The van der Waals surface area contributed by atoms with Crippen molar-refractivity contribution in [3.63, 3.8) is 0 Å². The smallest absolute Gasteiger partial charge is 0.261 e. The second-order valence-corrected chi connectivity index (χ2v) is 6.73. The van der Waals surface area contributed by atoms with Crippen LogP contribution in [0.5, 0.6) is 0 Å². The maximum Gasteiger partial charge on any atom is 0.261 e. The molecule has 0 atom stereocenters. The number of hydrogen-bond acceptors (Lipinski definition) is 3. The van der Waals surface area contributed by atoms with Crippen molar-refractivity contribution in [2.24, 2.45) is 0 Å². The Kier molecular flexibility index (Phi) is 4.73. The summed E-state index contributed by atoms with van der Waals surface area (Å²) in [5, 5.41) is 7.57. The molecule has 24 heavy (non-hydrogen) atoms. The van der Waals surface area contributed by atoms with Crippen molar-refractivity contribution in [1.82, 2.24) is 5.16 Å². The predicted octanol–water partition coefficient (Wildman–Crippen LogP) is 5.63. The van der Waals surface area contributed by atoms with Crippen LogP contribution in [0.2, 0.25) is 5.02 Å². The Morgan fingerprint density at radius 3 is 2.54 bits per heavy atom. The highest BCUT2D eigenvalue weighted by atomic mass is 79.9. The van der Waals surface area contributed by atoms with E-state index in [2.05, 4.69) is 26.4 Å². The molecule has 3 rings (SSSR count). The number of aromatic nitrogens is 1. The molecule has 122 valence electrons. The van der Waals surface area contributed by atoms with Gasteiger partial charge in [0.1, 0.15) is 17.0 Å². The van der Waals surface area contributed by atoms with Gasteiger partial charge in [0.15, 0.2) is 0 Å². The van der Waals surface area contributed by atoms with E-state index in [0.717, 1.165) is 15.6 Å². The molecule has 0 saturated carbocycles. The summed E-state index contributed by atoms with van der Waals surface area (Å²) in [6.45, 7) is 3.61. The zero-order valence-corrected chi connectivity index (χ0v) is 15.4. The Bertz CT molecular complexity index is 904. The molecule has 0 aliphatic heterocycles. The third-order valence-corrected chi connectivity index (χ3v) is 4.41. The molecule has 1 heterocycles. The first-order valence-corrected chi connectivity index (χ1v) is 8.42. The van der Waals surface area contributed by atoms with Crippen molar-refractivity contribution in [1.29, 1.82) is 0 Å². The summed E-state index contributed by atoms with van der Waals surface area (Å²) in [6.07, 6.45) is 0. The van der Waals surface area contributed by atoms with Crippen LogP contribution in [0.25, 0.3) is 11.3 Å². The number of nitrogens with one attached hydrogen (secondary N) is 1. The third kappa shape index (κ3) is 3.37. The summed E-state index contributed by atoms with van der Waals surface area (Å²) >= 11 is 9.35. The fraction of sp³-hybridized carbons (Fsp3) is 0.111. The van der Waals surface area contributed by atoms with E-state index in [9.17, 15) is 4.79 Å². The molecule has 2 aromatic carbocycles. The monoisotopic (exact) mass is 404 g/mol. The first kappa shape index (κ1) is 16.7. The van der Waals surface area contributed by atoms with E-state index in [1.165, 1.54) is 0 Å². The number of anilines is 1. The molecule has 1 amide bonds. The summed E-state index contributed by atoms with van der Waals surface area (Å²) < 4.78 is 6.20. The Morgan fingerprint density at radius 2 is 1.88 bits per heavy atom. The summed E-state index contributed by atoms with van der Waals surface area (Å²) in [7, 11) is 0. The third-order valence-electron chi connectivity index (χ3n) is 3.64. The minimum Gasteiger partial charge on any atom is -0.360 e. The van der Waals surface area contributed by atoms with Crippen molar-refractivity contribution in [2.45, 2.75) is 13.8 Å². The van der Waals surface area contributed by atoms with Gasteiger partial charge in [0.25, 0.3) is 5.91 Å².